The average molecular weight is 439 g/mol. The average Bonchev–Trinajstić information content (AvgIpc) is 2.98. The van der Waals surface area contributed by atoms with Gasteiger partial charge in [0.15, 0.2) is 0 Å². The van der Waals surface area contributed by atoms with E-state index in [-0.39, 0.29) is 0 Å². The highest BCUT2D eigenvalue weighted by Gasteiger charge is 2.37. The fourth-order valence-corrected chi connectivity index (χ4v) is 6.00. The number of hydrogen-bond acceptors (Lipinski definition) is 3. The normalized spacial score (nSPS) is 22.1. The van der Waals surface area contributed by atoms with E-state index in [9.17, 15) is 0 Å². The molecule has 2 aliphatic rings. The molecule has 3 heteroatoms. The summed E-state index contributed by atoms with van der Waals surface area (Å²) >= 11 is 1.98. The Morgan fingerprint density at radius 2 is 1.62 bits per heavy atom. The number of thioether (sulfide) groups is 1. The van der Waals surface area contributed by atoms with Gasteiger partial charge in [-0.1, -0.05) is 78.7 Å². The third-order valence-corrected chi connectivity index (χ3v) is 7.98. The minimum atomic E-state index is 0.341. The minimum Gasteiger partial charge on any atom is -0.299 e. The van der Waals surface area contributed by atoms with Gasteiger partial charge >= 0.3 is 0 Å². The molecule has 0 spiro atoms. The van der Waals surface area contributed by atoms with Crippen LogP contribution in [-0.4, -0.2) is 30.2 Å². The second-order valence-corrected chi connectivity index (χ2v) is 10.1. The summed E-state index contributed by atoms with van der Waals surface area (Å²) in [6.07, 6.45) is 2.36. The molecule has 1 saturated heterocycles. The van der Waals surface area contributed by atoms with Crippen LogP contribution in [0.5, 0.6) is 0 Å². The molecule has 0 aliphatic carbocycles. The van der Waals surface area contributed by atoms with E-state index < -0.39 is 0 Å². The van der Waals surface area contributed by atoms with E-state index in [1.54, 1.807) is 0 Å². The highest BCUT2D eigenvalue weighted by molar-refractivity contribution is 7.99. The molecular weight excluding hydrogens is 408 g/mol. The van der Waals surface area contributed by atoms with Crippen molar-refractivity contribution in [1.29, 1.82) is 0 Å². The molecule has 0 N–H and O–H groups in total. The van der Waals surface area contributed by atoms with Gasteiger partial charge in [0.05, 0.1) is 11.4 Å². The van der Waals surface area contributed by atoms with Crippen molar-refractivity contribution >= 4 is 29.2 Å². The number of aliphatic imine (C=N–C) groups is 1. The number of likely N-dealkylation sites (tertiary alicyclic amines) is 1. The molecule has 162 valence electrons. The number of aryl methyl sites for hydroxylation is 2. The second-order valence-electron chi connectivity index (χ2n) is 8.93. The van der Waals surface area contributed by atoms with E-state index in [2.05, 4.69) is 105 Å². The molecule has 2 nitrogen and oxygen atoms in total. The molecule has 3 aromatic rings. The third kappa shape index (κ3) is 4.32. The fourth-order valence-electron chi connectivity index (χ4n) is 4.66. The molecule has 0 bridgehead atoms. The van der Waals surface area contributed by atoms with Crippen molar-refractivity contribution in [2.75, 3.05) is 19.6 Å². The van der Waals surface area contributed by atoms with Crippen LogP contribution < -0.4 is 0 Å². The first-order valence-corrected chi connectivity index (χ1v) is 12.4. The van der Waals surface area contributed by atoms with Gasteiger partial charge in [-0.05, 0) is 55.3 Å². The topological polar surface area (TPSA) is 15.6 Å². The number of fused-ring (bicyclic) bond motifs is 2. The summed E-state index contributed by atoms with van der Waals surface area (Å²) < 4.78 is 0. The van der Waals surface area contributed by atoms with Crippen molar-refractivity contribution in [2.45, 2.75) is 30.9 Å². The molecule has 2 aliphatic heterocycles. The van der Waals surface area contributed by atoms with E-state index >= 15 is 0 Å². The summed E-state index contributed by atoms with van der Waals surface area (Å²) in [5.41, 5.74) is 8.96. The van der Waals surface area contributed by atoms with Crippen LogP contribution in [0, 0.1) is 19.8 Å². The van der Waals surface area contributed by atoms with Crippen LogP contribution in [0.1, 0.15) is 34.4 Å². The highest BCUT2D eigenvalue weighted by Crippen LogP contribution is 2.49. The van der Waals surface area contributed by atoms with E-state index in [0.717, 1.165) is 25.3 Å². The molecule has 1 fully saturated rings. The van der Waals surface area contributed by atoms with Gasteiger partial charge in [-0.25, -0.2) is 0 Å². The predicted molar refractivity (Wildman–Crippen MR) is 138 cm³/mol. The summed E-state index contributed by atoms with van der Waals surface area (Å²) in [7, 11) is 0. The Labute approximate surface area is 196 Å². The van der Waals surface area contributed by atoms with E-state index in [4.69, 9.17) is 4.99 Å². The van der Waals surface area contributed by atoms with Gasteiger partial charge in [0.25, 0.3) is 0 Å². The SMILES string of the molecule is CCN1C/C(=C\c2ccc(C)cc2)C2=Nc3ccccc3S[C@H](c3ccc(C)cc3)C2C1. The van der Waals surface area contributed by atoms with Gasteiger partial charge < -0.3 is 0 Å². The van der Waals surface area contributed by atoms with E-state index in [0.29, 0.717) is 11.2 Å². The summed E-state index contributed by atoms with van der Waals surface area (Å²) in [5, 5.41) is 0.341. The summed E-state index contributed by atoms with van der Waals surface area (Å²) in [6.45, 7) is 9.61. The van der Waals surface area contributed by atoms with Crippen LogP contribution in [0.4, 0.5) is 5.69 Å². The molecule has 0 radical (unpaired) electrons. The Kier molecular flexibility index (Phi) is 6.03. The van der Waals surface area contributed by atoms with Crippen LogP contribution in [0.3, 0.4) is 0 Å². The highest BCUT2D eigenvalue weighted by atomic mass is 32.2. The zero-order valence-electron chi connectivity index (χ0n) is 19.1. The zero-order chi connectivity index (χ0) is 22.1. The van der Waals surface area contributed by atoms with Crippen molar-refractivity contribution in [2.24, 2.45) is 10.9 Å². The molecule has 5 rings (SSSR count). The number of nitrogens with zero attached hydrogens (tertiary/aromatic N) is 2. The lowest BCUT2D eigenvalue weighted by Crippen LogP contribution is -2.44. The number of piperidine rings is 1. The Morgan fingerprint density at radius 1 is 0.938 bits per heavy atom. The van der Waals surface area contributed by atoms with Crippen LogP contribution in [0.25, 0.3) is 6.08 Å². The smallest absolute Gasteiger partial charge is 0.0769 e. The van der Waals surface area contributed by atoms with Gasteiger partial charge in [-0.3, -0.25) is 9.89 Å². The minimum absolute atomic E-state index is 0.341. The molecule has 0 aromatic heterocycles. The summed E-state index contributed by atoms with van der Waals surface area (Å²) in [5.74, 6) is 0.348. The first kappa shape index (κ1) is 21.2. The van der Waals surface area contributed by atoms with Crippen molar-refractivity contribution in [1.82, 2.24) is 4.90 Å². The van der Waals surface area contributed by atoms with Crippen molar-refractivity contribution < 1.29 is 0 Å². The lowest BCUT2D eigenvalue weighted by atomic mass is 9.84. The second kappa shape index (κ2) is 9.09. The van der Waals surface area contributed by atoms with Crippen LogP contribution in [0.15, 0.2) is 88.3 Å². The lowest BCUT2D eigenvalue weighted by molar-refractivity contribution is 0.274. The fraction of sp³-hybridized carbons (Fsp3) is 0.276. The molecule has 2 heterocycles. The largest absolute Gasteiger partial charge is 0.299 e. The number of para-hydroxylation sites is 1. The predicted octanol–water partition coefficient (Wildman–Crippen LogP) is 7.26. The first-order chi connectivity index (χ1) is 15.6. The van der Waals surface area contributed by atoms with Gasteiger partial charge in [0.1, 0.15) is 0 Å². The molecule has 32 heavy (non-hydrogen) atoms. The standard InChI is InChI=1S/C29H30N2S/c1-4-31-18-24(17-22-13-9-20(2)10-14-22)28-25(19-31)29(23-15-11-21(3)12-16-23)32-27-8-6-5-7-26(27)30-28/h5-17,25,29H,4,18-19H2,1-3H3/b24-17+/t25?,29-/m1/s1. The summed E-state index contributed by atoms with van der Waals surface area (Å²) in [6, 6.07) is 26.6. The van der Waals surface area contributed by atoms with Crippen molar-refractivity contribution in [3.8, 4) is 0 Å². The first-order valence-electron chi connectivity index (χ1n) is 11.5. The van der Waals surface area contributed by atoms with Crippen LogP contribution in [0.2, 0.25) is 0 Å². The quantitative estimate of drug-likeness (QED) is 0.428. The van der Waals surface area contributed by atoms with Crippen LogP contribution in [-0.2, 0) is 0 Å². The number of likely N-dealkylation sites (N-methyl/N-ethyl adjacent to an activating group) is 1. The Bertz CT molecular complexity index is 1160. The monoisotopic (exact) mass is 438 g/mol. The maximum atomic E-state index is 5.32. The lowest BCUT2D eigenvalue weighted by Gasteiger charge is -2.38. The van der Waals surface area contributed by atoms with Crippen molar-refractivity contribution in [3.63, 3.8) is 0 Å². The van der Waals surface area contributed by atoms with Crippen molar-refractivity contribution in [3.05, 3.63) is 101 Å². The molecule has 3 aromatic carbocycles. The van der Waals surface area contributed by atoms with Gasteiger partial charge in [0, 0.05) is 29.2 Å². The molecule has 2 atom stereocenters. The number of hydrogen-bond donors (Lipinski definition) is 0. The zero-order valence-corrected chi connectivity index (χ0v) is 19.9. The van der Waals surface area contributed by atoms with Gasteiger partial charge in [-0.2, -0.15) is 0 Å². The maximum absolute atomic E-state index is 5.32. The van der Waals surface area contributed by atoms with Gasteiger partial charge in [0.2, 0.25) is 0 Å². The summed E-state index contributed by atoms with van der Waals surface area (Å²) in [4.78, 5) is 9.17. The number of rotatable bonds is 3. The Morgan fingerprint density at radius 3 is 2.34 bits per heavy atom. The van der Waals surface area contributed by atoms with Crippen LogP contribution >= 0.6 is 11.8 Å². The van der Waals surface area contributed by atoms with E-state index in [1.807, 2.05) is 11.8 Å². The number of benzene rings is 3. The molecule has 1 unspecified atom stereocenters. The Hall–Kier alpha value is -2.62. The van der Waals surface area contributed by atoms with E-state index in [1.165, 1.54) is 38.4 Å². The van der Waals surface area contributed by atoms with Gasteiger partial charge in [-0.15, -0.1) is 11.8 Å². The molecule has 0 saturated carbocycles. The maximum Gasteiger partial charge on any atom is 0.0769 e. The third-order valence-electron chi connectivity index (χ3n) is 6.53. The Balaban J connectivity index is 1.65. The molecule has 0 amide bonds. The molecular formula is C29H30N2S.